The minimum absolute atomic E-state index is 0.308. The molecule has 0 aliphatic carbocycles. The monoisotopic (exact) mass is 261 g/mol. The van der Waals surface area contributed by atoms with E-state index in [4.69, 9.17) is 11.6 Å². The van der Waals surface area contributed by atoms with E-state index in [1.807, 2.05) is 25.6 Å². The van der Waals surface area contributed by atoms with Crippen molar-refractivity contribution in [1.29, 1.82) is 0 Å². The summed E-state index contributed by atoms with van der Waals surface area (Å²) in [7, 11) is 0. The number of pyridine rings is 1. The zero-order valence-corrected chi connectivity index (χ0v) is 11.2. The van der Waals surface area contributed by atoms with Gasteiger partial charge in [-0.05, 0) is 36.3 Å². The van der Waals surface area contributed by atoms with Crippen molar-refractivity contribution >= 4 is 23.4 Å². The molecule has 0 atom stereocenters. The molecule has 4 heteroatoms. The lowest BCUT2D eigenvalue weighted by Crippen LogP contribution is -2.10. The average Bonchev–Trinajstić information content (AvgIpc) is 2.36. The molecule has 0 spiro atoms. The normalized spacial score (nSPS) is 16.5. The van der Waals surface area contributed by atoms with E-state index in [0.717, 1.165) is 24.3 Å². The molecule has 1 aromatic rings. The van der Waals surface area contributed by atoms with Crippen molar-refractivity contribution in [2.45, 2.75) is 32.6 Å². The molecule has 0 aromatic carbocycles. The Bertz CT molecular complexity index is 327. The molecule has 1 aromatic heterocycles. The summed E-state index contributed by atoms with van der Waals surface area (Å²) < 4.78 is 13.4. The highest BCUT2D eigenvalue weighted by molar-refractivity contribution is 7.99. The number of halogens is 2. The van der Waals surface area contributed by atoms with Crippen molar-refractivity contribution in [3.63, 3.8) is 0 Å². The largest absolute Gasteiger partial charge is 0.227 e. The smallest absolute Gasteiger partial charge is 0.216 e. The van der Waals surface area contributed by atoms with Gasteiger partial charge in [-0.25, -0.2) is 4.98 Å². The SMILES string of the molecule is CC.Fc1ncc(Cl)cc1C1CCSCC1. The van der Waals surface area contributed by atoms with E-state index in [0.29, 0.717) is 16.5 Å². The second kappa shape index (κ2) is 7.13. The Hall–Kier alpha value is -0.280. The van der Waals surface area contributed by atoms with E-state index < -0.39 is 0 Å². The maximum Gasteiger partial charge on any atom is 0.216 e. The molecule has 1 fully saturated rings. The number of aromatic nitrogens is 1. The highest BCUT2D eigenvalue weighted by Crippen LogP contribution is 2.33. The van der Waals surface area contributed by atoms with Crippen molar-refractivity contribution in [3.8, 4) is 0 Å². The van der Waals surface area contributed by atoms with E-state index in [1.165, 1.54) is 6.20 Å². The van der Waals surface area contributed by atoms with Crippen LogP contribution in [0.15, 0.2) is 12.3 Å². The lowest BCUT2D eigenvalue weighted by Gasteiger charge is -2.21. The first-order chi connectivity index (χ1) is 7.77. The first kappa shape index (κ1) is 13.8. The summed E-state index contributed by atoms with van der Waals surface area (Å²) in [5.74, 6) is 2.17. The number of rotatable bonds is 1. The molecule has 0 unspecified atom stereocenters. The van der Waals surface area contributed by atoms with Crippen molar-refractivity contribution in [2.24, 2.45) is 0 Å². The fraction of sp³-hybridized carbons (Fsp3) is 0.583. The second-order valence-electron chi connectivity index (χ2n) is 3.42. The zero-order valence-electron chi connectivity index (χ0n) is 9.67. The third-order valence-corrected chi connectivity index (χ3v) is 3.75. The van der Waals surface area contributed by atoms with Crippen molar-refractivity contribution in [2.75, 3.05) is 11.5 Å². The van der Waals surface area contributed by atoms with E-state index in [2.05, 4.69) is 4.98 Å². The summed E-state index contributed by atoms with van der Waals surface area (Å²) in [4.78, 5) is 3.65. The van der Waals surface area contributed by atoms with E-state index in [-0.39, 0.29) is 5.95 Å². The Labute approximate surface area is 106 Å². The van der Waals surface area contributed by atoms with Gasteiger partial charge in [0.2, 0.25) is 5.95 Å². The van der Waals surface area contributed by atoms with E-state index >= 15 is 0 Å². The van der Waals surface area contributed by atoms with E-state index in [1.54, 1.807) is 6.07 Å². The molecule has 2 heterocycles. The fourth-order valence-corrected chi connectivity index (χ4v) is 3.01. The molecule has 90 valence electrons. The van der Waals surface area contributed by atoms with Crippen LogP contribution in [0.3, 0.4) is 0 Å². The molecule has 16 heavy (non-hydrogen) atoms. The molecule has 0 amide bonds. The molecule has 1 saturated heterocycles. The molecule has 0 bridgehead atoms. The summed E-state index contributed by atoms with van der Waals surface area (Å²) in [6.45, 7) is 4.00. The molecule has 1 aliphatic heterocycles. The summed E-state index contributed by atoms with van der Waals surface area (Å²) >= 11 is 7.73. The molecule has 2 rings (SSSR count). The molecular weight excluding hydrogens is 245 g/mol. The van der Waals surface area contributed by atoms with Crippen LogP contribution in [0.25, 0.3) is 0 Å². The standard InChI is InChI=1S/C10H11ClFNS.C2H6/c11-8-5-9(10(12)13-6-8)7-1-3-14-4-2-7;1-2/h5-7H,1-4H2;1-2H3. The number of nitrogens with zero attached hydrogens (tertiary/aromatic N) is 1. The molecule has 0 radical (unpaired) electrons. The molecule has 0 N–H and O–H groups in total. The van der Waals surface area contributed by atoms with Crippen LogP contribution in [0.2, 0.25) is 5.02 Å². The van der Waals surface area contributed by atoms with Crippen LogP contribution in [-0.2, 0) is 0 Å². The van der Waals surface area contributed by atoms with Gasteiger partial charge in [0.25, 0.3) is 0 Å². The van der Waals surface area contributed by atoms with E-state index in [9.17, 15) is 4.39 Å². The third kappa shape index (κ3) is 3.63. The topological polar surface area (TPSA) is 12.9 Å². The first-order valence-corrected chi connectivity index (χ1v) is 7.19. The number of hydrogen-bond donors (Lipinski definition) is 0. The van der Waals surface area contributed by atoms with Crippen LogP contribution >= 0.6 is 23.4 Å². The van der Waals surface area contributed by atoms with Gasteiger partial charge >= 0.3 is 0 Å². The maximum absolute atomic E-state index is 13.4. The Morgan fingerprint density at radius 1 is 1.38 bits per heavy atom. The van der Waals surface area contributed by atoms with Gasteiger partial charge in [-0.3, -0.25) is 0 Å². The average molecular weight is 262 g/mol. The lowest BCUT2D eigenvalue weighted by molar-refractivity contribution is 0.527. The Morgan fingerprint density at radius 3 is 2.62 bits per heavy atom. The highest BCUT2D eigenvalue weighted by Gasteiger charge is 2.19. The highest BCUT2D eigenvalue weighted by atomic mass is 35.5. The minimum atomic E-state index is -0.355. The van der Waals surface area contributed by atoms with Crippen molar-refractivity contribution < 1.29 is 4.39 Å². The fourth-order valence-electron chi connectivity index (χ4n) is 1.73. The van der Waals surface area contributed by atoms with Crippen LogP contribution < -0.4 is 0 Å². The molecule has 1 aliphatic rings. The van der Waals surface area contributed by atoms with Gasteiger partial charge < -0.3 is 0 Å². The molecule has 1 nitrogen and oxygen atoms in total. The van der Waals surface area contributed by atoms with Gasteiger partial charge in [-0.2, -0.15) is 16.2 Å². The number of hydrogen-bond acceptors (Lipinski definition) is 2. The van der Waals surface area contributed by atoms with Crippen molar-refractivity contribution in [3.05, 3.63) is 28.8 Å². The van der Waals surface area contributed by atoms with Crippen molar-refractivity contribution in [1.82, 2.24) is 4.98 Å². The van der Waals surface area contributed by atoms with Gasteiger partial charge in [0.05, 0.1) is 5.02 Å². The number of thioether (sulfide) groups is 1. The Morgan fingerprint density at radius 2 is 2.00 bits per heavy atom. The predicted octanol–water partition coefficient (Wildman–Crippen LogP) is 4.51. The first-order valence-electron chi connectivity index (χ1n) is 5.66. The van der Waals surface area contributed by atoms with Gasteiger partial charge in [0.1, 0.15) is 0 Å². The van der Waals surface area contributed by atoms with Crippen LogP contribution in [0, 0.1) is 5.95 Å². The summed E-state index contributed by atoms with van der Waals surface area (Å²) in [5.41, 5.74) is 0.692. The summed E-state index contributed by atoms with van der Waals surface area (Å²) in [6, 6.07) is 1.71. The predicted molar refractivity (Wildman–Crippen MR) is 69.9 cm³/mol. The van der Waals surface area contributed by atoms with Crippen LogP contribution in [0.5, 0.6) is 0 Å². The van der Waals surface area contributed by atoms with Crippen LogP contribution in [-0.4, -0.2) is 16.5 Å². The minimum Gasteiger partial charge on any atom is -0.227 e. The third-order valence-electron chi connectivity index (χ3n) is 2.49. The molecule has 0 saturated carbocycles. The van der Waals surface area contributed by atoms with Gasteiger partial charge in [-0.1, -0.05) is 25.4 Å². The zero-order chi connectivity index (χ0) is 12.0. The van der Waals surface area contributed by atoms with Crippen LogP contribution in [0.4, 0.5) is 4.39 Å². The molecular formula is C12H17ClFNS. The second-order valence-corrected chi connectivity index (χ2v) is 5.08. The van der Waals surface area contributed by atoms with Gasteiger partial charge in [0, 0.05) is 11.8 Å². The maximum atomic E-state index is 13.4. The summed E-state index contributed by atoms with van der Waals surface area (Å²) in [5, 5.41) is 0.527. The Balaban J connectivity index is 0.000000606. The van der Waals surface area contributed by atoms with Gasteiger partial charge in [0.15, 0.2) is 0 Å². The summed E-state index contributed by atoms with van der Waals surface area (Å²) in [6.07, 6.45) is 3.42. The van der Waals surface area contributed by atoms with Gasteiger partial charge in [-0.15, -0.1) is 0 Å². The van der Waals surface area contributed by atoms with Crippen LogP contribution in [0.1, 0.15) is 38.2 Å². The Kier molecular flexibility index (Phi) is 6.14. The quantitative estimate of drug-likeness (QED) is 0.690. The lowest BCUT2D eigenvalue weighted by atomic mass is 9.95.